The SMILES string of the molecule is O=C(O)C1(CO)CC=CO1. The van der Waals surface area contributed by atoms with Crippen LogP contribution in [0.15, 0.2) is 12.3 Å². The molecule has 1 heterocycles. The van der Waals surface area contributed by atoms with Crippen molar-refractivity contribution in [3.63, 3.8) is 0 Å². The molecule has 1 rings (SSSR count). The standard InChI is InChI=1S/C6H8O4/c7-4-6(5(8)9)2-1-3-10-6/h1,3,7H,2,4H2,(H,8,9). The molecule has 0 aliphatic carbocycles. The number of aliphatic carboxylic acids is 1. The van der Waals surface area contributed by atoms with Gasteiger partial charge in [-0.05, 0) is 6.08 Å². The predicted molar refractivity (Wildman–Crippen MR) is 32.3 cm³/mol. The lowest BCUT2D eigenvalue weighted by molar-refractivity contribution is -0.161. The number of rotatable bonds is 2. The first kappa shape index (κ1) is 7.08. The van der Waals surface area contributed by atoms with Crippen molar-refractivity contribution in [3.05, 3.63) is 12.3 Å². The molecule has 1 aliphatic heterocycles. The molecule has 0 aromatic heterocycles. The van der Waals surface area contributed by atoms with Crippen molar-refractivity contribution in [2.24, 2.45) is 0 Å². The molecule has 0 saturated heterocycles. The summed E-state index contributed by atoms with van der Waals surface area (Å²) >= 11 is 0. The highest BCUT2D eigenvalue weighted by atomic mass is 16.5. The Morgan fingerprint density at radius 1 is 1.80 bits per heavy atom. The van der Waals surface area contributed by atoms with Crippen molar-refractivity contribution >= 4 is 5.97 Å². The van der Waals surface area contributed by atoms with Gasteiger partial charge in [-0.2, -0.15) is 0 Å². The van der Waals surface area contributed by atoms with Crippen LogP contribution in [0.3, 0.4) is 0 Å². The van der Waals surface area contributed by atoms with Crippen LogP contribution in [0.5, 0.6) is 0 Å². The Balaban J connectivity index is 2.70. The summed E-state index contributed by atoms with van der Waals surface area (Å²) in [6.07, 6.45) is 3.10. The zero-order chi connectivity index (χ0) is 7.61. The van der Waals surface area contributed by atoms with Crippen molar-refractivity contribution in [1.29, 1.82) is 0 Å². The van der Waals surface area contributed by atoms with Crippen molar-refractivity contribution < 1.29 is 19.7 Å². The van der Waals surface area contributed by atoms with Crippen LogP contribution in [0.2, 0.25) is 0 Å². The number of aliphatic hydroxyl groups is 1. The summed E-state index contributed by atoms with van der Waals surface area (Å²) in [6, 6.07) is 0. The molecule has 4 nitrogen and oxygen atoms in total. The maximum atomic E-state index is 10.4. The Hall–Kier alpha value is -1.03. The number of carboxylic acids is 1. The monoisotopic (exact) mass is 144 g/mol. The summed E-state index contributed by atoms with van der Waals surface area (Å²) < 4.78 is 4.72. The first-order valence-electron chi connectivity index (χ1n) is 2.88. The summed E-state index contributed by atoms with van der Waals surface area (Å²) in [5.74, 6) is -1.13. The highest BCUT2D eigenvalue weighted by Gasteiger charge is 2.40. The number of aliphatic hydroxyl groups excluding tert-OH is 1. The second-order valence-electron chi connectivity index (χ2n) is 2.15. The van der Waals surface area contributed by atoms with Crippen molar-refractivity contribution in [2.45, 2.75) is 12.0 Å². The van der Waals surface area contributed by atoms with Crippen LogP contribution in [-0.4, -0.2) is 28.4 Å². The molecule has 1 unspecified atom stereocenters. The van der Waals surface area contributed by atoms with Crippen molar-refractivity contribution in [3.8, 4) is 0 Å². The van der Waals surface area contributed by atoms with E-state index in [1.165, 1.54) is 6.26 Å². The number of carboxylic acid groups (broad SMARTS) is 1. The Labute approximate surface area is 57.7 Å². The zero-order valence-corrected chi connectivity index (χ0v) is 5.28. The zero-order valence-electron chi connectivity index (χ0n) is 5.28. The van der Waals surface area contributed by atoms with Crippen molar-refractivity contribution in [1.82, 2.24) is 0 Å². The van der Waals surface area contributed by atoms with Gasteiger partial charge in [-0.15, -0.1) is 0 Å². The predicted octanol–water partition coefficient (Wildman–Crippen LogP) is -0.264. The third kappa shape index (κ3) is 0.863. The Morgan fingerprint density at radius 3 is 2.70 bits per heavy atom. The van der Waals surface area contributed by atoms with Gasteiger partial charge in [0.2, 0.25) is 5.60 Å². The van der Waals surface area contributed by atoms with Crippen LogP contribution in [0.1, 0.15) is 6.42 Å². The van der Waals surface area contributed by atoms with Crippen LogP contribution in [0.4, 0.5) is 0 Å². The average Bonchev–Trinajstić information content (AvgIpc) is 2.35. The first-order valence-corrected chi connectivity index (χ1v) is 2.88. The third-order valence-electron chi connectivity index (χ3n) is 1.48. The molecule has 0 aromatic rings. The second-order valence-corrected chi connectivity index (χ2v) is 2.15. The number of carbonyl (C=O) groups is 1. The van der Waals surface area contributed by atoms with Gasteiger partial charge in [-0.1, -0.05) is 0 Å². The lowest BCUT2D eigenvalue weighted by Crippen LogP contribution is -2.41. The van der Waals surface area contributed by atoms with E-state index in [0.29, 0.717) is 0 Å². The fourth-order valence-electron chi connectivity index (χ4n) is 0.772. The van der Waals surface area contributed by atoms with Gasteiger partial charge in [0, 0.05) is 6.42 Å². The summed E-state index contributed by atoms with van der Waals surface area (Å²) in [5.41, 5.74) is -1.40. The third-order valence-corrected chi connectivity index (χ3v) is 1.48. The van der Waals surface area contributed by atoms with Crippen LogP contribution in [-0.2, 0) is 9.53 Å². The molecule has 0 spiro atoms. The second kappa shape index (κ2) is 2.30. The molecule has 0 aromatic carbocycles. The Kier molecular flexibility index (Phi) is 1.63. The maximum absolute atomic E-state index is 10.4. The summed E-state index contributed by atoms with van der Waals surface area (Å²) in [6.45, 7) is -0.491. The van der Waals surface area contributed by atoms with Crippen molar-refractivity contribution in [2.75, 3.05) is 6.61 Å². The molecular formula is C6H8O4. The fourth-order valence-corrected chi connectivity index (χ4v) is 0.772. The number of hydrogen-bond donors (Lipinski definition) is 2. The largest absolute Gasteiger partial charge is 0.481 e. The van der Waals surface area contributed by atoms with Gasteiger partial charge in [0.15, 0.2) is 0 Å². The molecule has 1 aliphatic rings. The minimum absolute atomic E-state index is 0.235. The summed E-state index contributed by atoms with van der Waals surface area (Å²) in [4.78, 5) is 10.4. The van der Waals surface area contributed by atoms with Gasteiger partial charge >= 0.3 is 5.97 Å². The van der Waals surface area contributed by atoms with Gasteiger partial charge < -0.3 is 14.9 Å². The molecule has 0 fully saturated rings. The van der Waals surface area contributed by atoms with Crippen LogP contribution in [0.25, 0.3) is 0 Å². The lowest BCUT2D eigenvalue weighted by atomic mass is 10.0. The number of ether oxygens (including phenoxy) is 1. The van der Waals surface area contributed by atoms with Gasteiger partial charge in [-0.25, -0.2) is 4.79 Å². The van der Waals surface area contributed by atoms with Gasteiger partial charge in [-0.3, -0.25) is 0 Å². The van der Waals surface area contributed by atoms with E-state index in [9.17, 15) is 4.79 Å². The summed E-state index contributed by atoms with van der Waals surface area (Å²) in [7, 11) is 0. The van der Waals surface area contributed by atoms with E-state index in [-0.39, 0.29) is 6.42 Å². The average molecular weight is 144 g/mol. The molecular weight excluding hydrogens is 136 g/mol. The highest BCUT2D eigenvalue weighted by Crippen LogP contribution is 2.22. The van der Waals surface area contributed by atoms with E-state index in [1.807, 2.05) is 0 Å². The minimum Gasteiger partial charge on any atom is -0.481 e. The molecule has 0 bridgehead atoms. The molecule has 56 valence electrons. The number of hydrogen-bond acceptors (Lipinski definition) is 3. The molecule has 0 radical (unpaired) electrons. The smallest absolute Gasteiger partial charge is 0.350 e. The van der Waals surface area contributed by atoms with Crippen LogP contribution >= 0.6 is 0 Å². The van der Waals surface area contributed by atoms with Crippen LogP contribution < -0.4 is 0 Å². The molecule has 10 heavy (non-hydrogen) atoms. The highest BCUT2D eigenvalue weighted by molar-refractivity contribution is 5.78. The van der Waals surface area contributed by atoms with E-state index >= 15 is 0 Å². The van der Waals surface area contributed by atoms with Crippen LogP contribution in [0, 0.1) is 0 Å². The first-order chi connectivity index (χ1) is 4.71. The maximum Gasteiger partial charge on any atom is 0.350 e. The Morgan fingerprint density at radius 2 is 2.50 bits per heavy atom. The quantitative estimate of drug-likeness (QED) is 0.560. The molecule has 0 saturated carbocycles. The van der Waals surface area contributed by atoms with E-state index in [0.717, 1.165) is 0 Å². The summed E-state index contributed by atoms with van der Waals surface area (Å²) in [5, 5.41) is 17.2. The van der Waals surface area contributed by atoms with Gasteiger partial charge in [0.05, 0.1) is 12.9 Å². The Bertz CT molecular complexity index is 165. The van der Waals surface area contributed by atoms with Gasteiger partial charge in [0.25, 0.3) is 0 Å². The topological polar surface area (TPSA) is 66.8 Å². The lowest BCUT2D eigenvalue weighted by Gasteiger charge is -2.19. The molecule has 4 heteroatoms. The fraction of sp³-hybridized carbons (Fsp3) is 0.500. The van der Waals surface area contributed by atoms with E-state index in [2.05, 4.69) is 0 Å². The van der Waals surface area contributed by atoms with E-state index < -0.39 is 18.2 Å². The molecule has 2 N–H and O–H groups in total. The van der Waals surface area contributed by atoms with E-state index in [4.69, 9.17) is 14.9 Å². The molecule has 1 atom stereocenters. The minimum atomic E-state index is -1.40. The molecule has 0 amide bonds. The van der Waals surface area contributed by atoms with Gasteiger partial charge in [0.1, 0.15) is 0 Å². The normalized spacial score (nSPS) is 30.1. The van der Waals surface area contributed by atoms with E-state index in [1.54, 1.807) is 6.08 Å².